The Balaban J connectivity index is 1.55. The maximum atomic E-state index is 14.0. The molecule has 0 saturated carbocycles. The van der Waals surface area contributed by atoms with E-state index >= 15 is 0 Å². The average Bonchev–Trinajstić information content (AvgIpc) is 3.24. The third-order valence-corrected chi connectivity index (χ3v) is 6.40. The van der Waals surface area contributed by atoms with E-state index < -0.39 is 0 Å². The summed E-state index contributed by atoms with van der Waals surface area (Å²) in [5.41, 5.74) is 1.94. The monoisotopic (exact) mass is 491 g/mol. The Labute approximate surface area is 200 Å². The van der Waals surface area contributed by atoms with E-state index in [1.807, 2.05) is 11.8 Å². The first-order valence-corrected chi connectivity index (χ1v) is 11.6. The molecule has 174 valence electrons. The molecule has 2 heterocycles. The summed E-state index contributed by atoms with van der Waals surface area (Å²) in [5.74, 6) is 0.513. The summed E-state index contributed by atoms with van der Waals surface area (Å²) in [7, 11) is 1.51. The summed E-state index contributed by atoms with van der Waals surface area (Å²) in [6.07, 6.45) is 0. The molecule has 0 radical (unpaired) electrons. The number of carbonyl (C=O) groups is 1. The van der Waals surface area contributed by atoms with Gasteiger partial charge in [-0.1, -0.05) is 29.4 Å². The Morgan fingerprint density at radius 1 is 1.27 bits per heavy atom. The molecular formula is C22H23ClFN5O3S. The minimum Gasteiger partial charge on any atom is -0.495 e. The lowest BCUT2D eigenvalue weighted by Gasteiger charge is -2.27. The van der Waals surface area contributed by atoms with Crippen LogP contribution in [0.25, 0.3) is 5.69 Å². The summed E-state index contributed by atoms with van der Waals surface area (Å²) in [6.45, 7) is 4.29. The Morgan fingerprint density at radius 3 is 2.79 bits per heavy atom. The van der Waals surface area contributed by atoms with Gasteiger partial charge < -0.3 is 19.7 Å². The minimum absolute atomic E-state index is 0.0708. The van der Waals surface area contributed by atoms with Crippen molar-refractivity contribution in [2.45, 2.75) is 12.1 Å². The number of hydrogen-bond acceptors (Lipinski definition) is 7. The predicted octanol–water partition coefficient (Wildman–Crippen LogP) is 3.94. The number of aromatic nitrogens is 3. The van der Waals surface area contributed by atoms with Crippen LogP contribution >= 0.6 is 23.4 Å². The van der Waals surface area contributed by atoms with Crippen molar-refractivity contribution in [2.75, 3.05) is 49.4 Å². The van der Waals surface area contributed by atoms with Crippen LogP contribution in [-0.4, -0.2) is 59.8 Å². The second-order valence-corrected chi connectivity index (χ2v) is 8.69. The van der Waals surface area contributed by atoms with Gasteiger partial charge in [0.1, 0.15) is 11.6 Å². The summed E-state index contributed by atoms with van der Waals surface area (Å²) in [6, 6.07) is 9.62. The molecule has 8 nitrogen and oxygen atoms in total. The standard InChI is InChI=1S/C22H23ClFN5O3S/c1-14-10-18(19(31-2)12-17(14)23)25-20(30)13-33-22-27-26-21(28-6-8-32-9-7-28)29(22)16-5-3-4-15(24)11-16/h3-5,10-12H,6-9,13H2,1-2H3,(H,25,30). The van der Waals surface area contributed by atoms with Crippen LogP contribution in [0.2, 0.25) is 5.02 Å². The summed E-state index contributed by atoms with van der Waals surface area (Å²) in [4.78, 5) is 14.7. The first-order valence-electron chi connectivity index (χ1n) is 10.3. The van der Waals surface area contributed by atoms with Crippen molar-refractivity contribution >= 4 is 40.9 Å². The number of methoxy groups -OCH3 is 1. The normalized spacial score (nSPS) is 13.8. The summed E-state index contributed by atoms with van der Waals surface area (Å²) < 4.78 is 26.5. The van der Waals surface area contributed by atoms with E-state index in [1.165, 1.54) is 31.0 Å². The van der Waals surface area contributed by atoms with Crippen molar-refractivity contribution in [1.29, 1.82) is 0 Å². The molecule has 1 N–H and O–H groups in total. The highest BCUT2D eigenvalue weighted by Crippen LogP contribution is 2.32. The Bertz CT molecular complexity index is 1150. The molecule has 11 heteroatoms. The Kier molecular flexibility index (Phi) is 7.36. The molecule has 1 amide bonds. The van der Waals surface area contributed by atoms with Crippen molar-refractivity contribution in [2.24, 2.45) is 0 Å². The van der Waals surface area contributed by atoms with Crippen molar-refractivity contribution in [3.63, 3.8) is 0 Å². The number of morpholine rings is 1. The van der Waals surface area contributed by atoms with Gasteiger partial charge in [-0.2, -0.15) is 0 Å². The van der Waals surface area contributed by atoms with E-state index in [1.54, 1.807) is 28.8 Å². The molecule has 1 aliphatic rings. The SMILES string of the molecule is COc1cc(Cl)c(C)cc1NC(=O)CSc1nnc(N2CCOCC2)n1-c1cccc(F)c1. The van der Waals surface area contributed by atoms with E-state index in [0.29, 0.717) is 59.6 Å². The lowest BCUT2D eigenvalue weighted by atomic mass is 10.2. The zero-order valence-corrected chi connectivity index (χ0v) is 19.7. The molecule has 0 spiro atoms. The fourth-order valence-corrected chi connectivity index (χ4v) is 4.31. The van der Waals surface area contributed by atoms with Gasteiger partial charge in [0.15, 0.2) is 5.16 Å². The van der Waals surface area contributed by atoms with Crippen LogP contribution in [0.1, 0.15) is 5.56 Å². The van der Waals surface area contributed by atoms with Crippen molar-refractivity contribution in [3.8, 4) is 11.4 Å². The van der Waals surface area contributed by atoms with E-state index in [9.17, 15) is 9.18 Å². The maximum Gasteiger partial charge on any atom is 0.234 e. The van der Waals surface area contributed by atoms with E-state index in [2.05, 4.69) is 15.5 Å². The number of halogens is 2. The van der Waals surface area contributed by atoms with Gasteiger partial charge in [0.2, 0.25) is 11.9 Å². The number of rotatable bonds is 7. The number of nitrogens with zero attached hydrogens (tertiary/aromatic N) is 4. The number of amides is 1. The number of ether oxygens (including phenoxy) is 2. The molecule has 0 bridgehead atoms. The first-order chi connectivity index (χ1) is 16.0. The molecule has 33 heavy (non-hydrogen) atoms. The van der Waals surface area contributed by atoms with Crippen LogP contribution in [0.15, 0.2) is 41.6 Å². The quantitative estimate of drug-likeness (QED) is 0.501. The fourth-order valence-electron chi connectivity index (χ4n) is 3.41. The molecule has 1 aromatic heterocycles. The first kappa shape index (κ1) is 23.3. The number of carbonyl (C=O) groups excluding carboxylic acids is 1. The molecule has 1 aliphatic heterocycles. The van der Waals surface area contributed by atoms with Crippen LogP contribution in [0.4, 0.5) is 16.0 Å². The molecule has 0 atom stereocenters. The van der Waals surface area contributed by atoms with E-state index in [0.717, 1.165) is 5.56 Å². The number of thioether (sulfide) groups is 1. The molecule has 0 aliphatic carbocycles. The van der Waals surface area contributed by atoms with E-state index in [-0.39, 0.29) is 17.5 Å². The van der Waals surface area contributed by atoms with Gasteiger partial charge in [-0.05, 0) is 36.8 Å². The second kappa shape index (κ2) is 10.4. The van der Waals surface area contributed by atoms with Crippen LogP contribution in [-0.2, 0) is 9.53 Å². The highest BCUT2D eigenvalue weighted by molar-refractivity contribution is 7.99. The summed E-state index contributed by atoms with van der Waals surface area (Å²) >= 11 is 7.35. The molecule has 1 fully saturated rings. The smallest absolute Gasteiger partial charge is 0.234 e. The topological polar surface area (TPSA) is 81.5 Å². The Morgan fingerprint density at radius 2 is 2.06 bits per heavy atom. The highest BCUT2D eigenvalue weighted by atomic mass is 35.5. The fraction of sp³-hybridized carbons (Fsp3) is 0.318. The lowest BCUT2D eigenvalue weighted by Crippen LogP contribution is -2.37. The molecule has 1 saturated heterocycles. The molecule has 2 aromatic carbocycles. The van der Waals surface area contributed by atoms with Crippen molar-refractivity contribution < 1.29 is 18.7 Å². The molecular weight excluding hydrogens is 469 g/mol. The third kappa shape index (κ3) is 5.40. The average molecular weight is 492 g/mol. The third-order valence-electron chi connectivity index (χ3n) is 5.06. The minimum atomic E-state index is -0.368. The maximum absolute atomic E-state index is 14.0. The van der Waals surface area contributed by atoms with Crippen molar-refractivity contribution in [1.82, 2.24) is 14.8 Å². The van der Waals surface area contributed by atoms with Crippen LogP contribution in [0.5, 0.6) is 5.75 Å². The number of aryl methyl sites for hydroxylation is 1. The van der Waals surface area contributed by atoms with Gasteiger partial charge in [0.05, 0.1) is 37.5 Å². The lowest BCUT2D eigenvalue weighted by molar-refractivity contribution is -0.113. The van der Waals surface area contributed by atoms with Crippen LogP contribution in [0, 0.1) is 12.7 Å². The van der Waals surface area contributed by atoms with Crippen molar-refractivity contribution in [3.05, 3.63) is 52.8 Å². The zero-order chi connectivity index (χ0) is 23.4. The molecule has 0 unspecified atom stereocenters. The number of benzene rings is 2. The van der Waals surface area contributed by atoms with Gasteiger partial charge in [-0.25, -0.2) is 4.39 Å². The van der Waals surface area contributed by atoms with Gasteiger partial charge >= 0.3 is 0 Å². The van der Waals surface area contributed by atoms with Crippen LogP contribution < -0.4 is 15.0 Å². The largest absolute Gasteiger partial charge is 0.495 e. The second-order valence-electron chi connectivity index (χ2n) is 7.34. The van der Waals surface area contributed by atoms with Gasteiger partial charge in [-0.15, -0.1) is 10.2 Å². The van der Waals surface area contributed by atoms with Crippen LogP contribution in [0.3, 0.4) is 0 Å². The molecule has 3 aromatic rings. The Hall–Kier alpha value is -2.82. The number of hydrogen-bond donors (Lipinski definition) is 1. The number of anilines is 2. The number of nitrogens with one attached hydrogen (secondary N) is 1. The molecule has 4 rings (SSSR count). The van der Waals surface area contributed by atoms with Gasteiger partial charge in [0.25, 0.3) is 0 Å². The van der Waals surface area contributed by atoms with Gasteiger partial charge in [-0.3, -0.25) is 9.36 Å². The van der Waals surface area contributed by atoms with Gasteiger partial charge in [0, 0.05) is 24.2 Å². The predicted molar refractivity (Wildman–Crippen MR) is 126 cm³/mol. The zero-order valence-electron chi connectivity index (χ0n) is 18.2. The van der Waals surface area contributed by atoms with E-state index in [4.69, 9.17) is 21.1 Å². The summed E-state index contributed by atoms with van der Waals surface area (Å²) in [5, 5.41) is 12.5. The highest BCUT2D eigenvalue weighted by Gasteiger charge is 2.23.